The maximum absolute atomic E-state index is 12.4. The van der Waals surface area contributed by atoms with Gasteiger partial charge in [-0.25, -0.2) is 0 Å². The molecule has 156 valence electrons. The minimum Gasteiger partial charge on any atom is -0.379 e. The van der Waals surface area contributed by atoms with E-state index in [2.05, 4.69) is 26.3 Å². The van der Waals surface area contributed by atoms with E-state index >= 15 is 0 Å². The van der Waals surface area contributed by atoms with Crippen LogP contribution in [0.5, 0.6) is 0 Å². The molecule has 1 fully saturated rings. The van der Waals surface area contributed by atoms with Crippen LogP contribution >= 0.6 is 0 Å². The van der Waals surface area contributed by atoms with Crippen molar-refractivity contribution >= 4 is 29.1 Å². The van der Waals surface area contributed by atoms with E-state index in [0.717, 1.165) is 37.3 Å². The summed E-state index contributed by atoms with van der Waals surface area (Å²) in [6.07, 6.45) is 1.81. The third-order valence-corrected chi connectivity index (χ3v) is 4.95. The number of carbonyl (C=O) groups is 2. The smallest absolute Gasteiger partial charge is 0.257 e. The maximum Gasteiger partial charge on any atom is 0.257 e. The lowest BCUT2D eigenvalue weighted by atomic mass is 10.1. The van der Waals surface area contributed by atoms with Crippen molar-refractivity contribution in [2.45, 2.75) is 18.9 Å². The molecule has 1 unspecified atom stereocenters. The van der Waals surface area contributed by atoms with Crippen LogP contribution < -0.4 is 21.3 Å². The Kier molecular flexibility index (Phi) is 6.24. The molecule has 0 radical (unpaired) electrons. The average Bonchev–Trinajstić information content (AvgIpc) is 3.28. The van der Waals surface area contributed by atoms with Crippen LogP contribution in [0.1, 0.15) is 33.6 Å². The van der Waals surface area contributed by atoms with Crippen LogP contribution in [0.15, 0.2) is 53.5 Å². The number of benzene rings is 2. The molecule has 0 aromatic heterocycles. The fourth-order valence-corrected chi connectivity index (χ4v) is 3.32. The first-order valence-electron chi connectivity index (χ1n) is 10.1. The molecule has 30 heavy (non-hydrogen) atoms. The number of hydrogen-bond acceptors (Lipinski definition) is 6. The second-order valence-electron chi connectivity index (χ2n) is 7.28. The maximum atomic E-state index is 12.4. The fraction of sp³-hybridized carbons (Fsp3) is 0.318. The lowest BCUT2D eigenvalue weighted by molar-refractivity contribution is 0.0928. The van der Waals surface area contributed by atoms with Crippen LogP contribution in [0.3, 0.4) is 0 Å². The molecular formula is C22H25N5O3. The summed E-state index contributed by atoms with van der Waals surface area (Å²) >= 11 is 0. The largest absolute Gasteiger partial charge is 0.379 e. The lowest BCUT2D eigenvalue weighted by Gasteiger charge is -2.15. The minimum atomic E-state index is -0.204. The second kappa shape index (κ2) is 9.41. The number of anilines is 2. The molecular weight excluding hydrogens is 382 g/mol. The minimum absolute atomic E-state index is 0.0718. The van der Waals surface area contributed by atoms with Crippen molar-refractivity contribution in [3.05, 3.63) is 59.7 Å². The van der Waals surface area contributed by atoms with E-state index in [4.69, 9.17) is 4.74 Å². The van der Waals surface area contributed by atoms with Gasteiger partial charge >= 0.3 is 0 Å². The number of carbonyl (C=O) groups excluding carboxylic acids is 2. The molecule has 8 heteroatoms. The Balaban J connectivity index is 1.36. The summed E-state index contributed by atoms with van der Waals surface area (Å²) in [7, 11) is 0. The predicted octanol–water partition coefficient (Wildman–Crippen LogP) is 2.03. The summed E-state index contributed by atoms with van der Waals surface area (Å²) < 4.78 is 5.30. The van der Waals surface area contributed by atoms with E-state index in [9.17, 15) is 9.59 Å². The Hall–Kier alpha value is -3.39. The van der Waals surface area contributed by atoms with E-state index < -0.39 is 0 Å². The van der Waals surface area contributed by atoms with E-state index in [1.54, 1.807) is 24.3 Å². The molecule has 4 N–H and O–H groups in total. The monoisotopic (exact) mass is 407 g/mol. The second-order valence-corrected chi connectivity index (χ2v) is 7.28. The molecule has 0 aliphatic carbocycles. The number of hydrogen-bond donors (Lipinski definition) is 4. The van der Waals surface area contributed by atoms with Gasteiger partial charge in [-0.3, -0.25) is 19.9 Å². The Labute approximate surface area is 175 Å². The van der Waals surface area contributed by atoms with E-state index in [0.29, 0.717) is 30.3 Å². The number of ether oxygens (including phenoxy) is 1. The highest BCUT2D eigenvalue weighted by Crippen LogP contribution is 2.19. The van der Waals surface area contributed by atoms with Crippen molar-refractivity contribution < 1.29 is 14.3 Å². The molecule has 2 aliphatic rings. The summed E-state index contributed by atoms with van der Waals surface area (Å²) in [6.45, 7) is 2.78. The first-order chi connectivity index (χ1) is 14.7. The standard InChI is InChI=1S/C22H25N5O3/c28-20(27-22-23-10-2-11-24-22)15-5-7-17(8-6-15)25-18-4-1-3-16(13-18)21(29)26-19-9-12-30-14-19/h1,3-8,13,19,25H,2,9-12,14H2,(H,26,29)(H2,23,24,27,28). The molecule has 1 atom stereocenters. The molecule has 2 aromatic rings. The van der Waals surface area contributed by atoms with E-state index in [1.807, 2.05) is 24.3 Å². The molecule has 2 aliphatic heterocycles. The van der Waals surface area contributed by atoms with Gasteiger partial charge in [0.05, 0.1) is 12.6 Å². The molecule has 2 aromatic carbocycles. The Bertz CT molecular complexity index is 936. The normalized spacial score (nSPS) is 18.1. The van der Waals surface area contributed by atoms with Crippen molar-refractivity contribution in [3.63, 3.8) is 0 Å². The van der Waals surface area contributed by atoms with E-state index in [1.165, 1.54) is 0 Å². The van der Waals surface area contributed by atoms with Crippen molar-refractivity contribution in [1.29, 1.82) is 0 Å². The fourth-order valence-electron chi connectivity index (χ4n) is 3.32. The number of nitrogens with zero attached hydrogens (tertiary/aromatic N) is 1. The molecule has 1 saturated heterocycles. The number of aliphatic imine (C=N–C) groups is 1. The number of nitrogens with one attached hydrogen (secondary N) is 4. The van der Waals surface area contributed by atoms with Crippen LogP contribution in [-0.4, -0.2) is 50.1 Å². The van der Waals surface area contributed by atoms with Crippen LogP contribution in [-0.2, 0) is 4.74 Å². The van der Waals surface area contributed by atoms with Crippen molar-refractivity contribution in [2.24, 2.45) is 4.99 Å². The molecule has 4 rings (SSSR count). The van der Waals surface area contributed by atoms with Gasteiger partial charge in [0, 0.05) is 42.2 Å². The molecule has 8 nitrogen and oxygen atoms in total. The van der Waals surface area contributed by atoms with E-state index in [-0.39, 0.29) is 17.9 Å². The summed E-state index contributed by atoms with van der Waals surface area (Å²) in [6, 6.07) is 14.5. The van der Waals surface area contributed by atoms with Gasteiger partial charge < -0.3 is 20.7 Å². The van der Waals surface area contributed by atoms with Gasteiger partial charge in [0.2, 0.25) is 0 Å². The van der Waals surface area contributed by atoms with Crippen LogP contribution in [0.25, 0.3) is 0 Å². The lowest BCUT2D eigenvalue weighted by Crippen LogP contribution is -2.43. The summed E-state index contributed by atoms with van der Waals surface area (Å²) in [5.41, 5.74) is 2.75. The molecule has 2 heterocycles. The van der Waals surface area contributed by atoms with Crippen molar-refractivity contribution in [2.75, 3.05) is 31.6 Å². The number of amides is 2. The van der Waals surface area contributed by atoms with Gasteiger partial charge in [-0.15, -0.1) is 0 Å². The van der Waals surface area contributed by atoms with Crippen LogP contribution in [0.2, 0.25) is 0 Å². The Morgan fingerprint density at radius 3 is 2.63 bits per heavy atom. The molecule has 0 saturated carbocycles. The molecule has 0 spiro atoms. The highest BCUT2D eigenvalue weighted by atomic mass is 16.5. The predicted molar refractivity (Wildman–Crippen MR) is 115 cm³/mol. The van der Waals surface area contributed by atoms with Crippen molar-refractivity contribution in [3.8, 4) is 0 Å². The van der Waals surface area contributed by atoms with Gasteiger partial charge in [0.25, 0.3) is 11.8 Å². The van der Waals surface area contributed by atoms with Gasteiger partial charge in [-0.1, -0.05) is 6.07 Å². The van der Waals surface area contributed by atoms with Crippen molar-refractivity contribution in [1.82, 2.24) is 16.0 Å². The molecule has 2 amide bonds. The van der Waals surface area contributed by atoms with Gasteiger partial charge in [0.15, 0.2) is 5.96 Å². The number of guanidine groups is 1. The van der Waals surface area contributed by atoms with Gasteiger partial charge in [0.1, 0.15) is 0 Å². The van der Waals surface area contributed by atoms with Gasteiger partial charge in [-0.05, 0) is 55.3 Å². The zero-order valence-corrected chi connectivity index (χ0v) is 16.6. The zero-order valence-electron chi connectivity index (χ0n) is 16.6. The van der Waals surface area contributed by atoms with Crippen LogP contribution in [0.4, 0.5) is 11.4 Å². The van der Waals surface area contributed by atoms with Gasteiger partial charge in [-0.2, -0.15) is 0 Å². The number of rotatable bonds is 5. The molecule has 0 bridgehead atoms. The zero-order chi connectivity index (χ0) is 20.8. The Morgan fingerprint density at radius 1 is 1.03 bits per heavy atom. The SMILES string of the molecule is O=C(NC1=NCCCN1)c1ccc(Nc2cccc(C(=O)NC3CCOC3)c2)cc1. The summed E-state index contributed by atoms with van der Waals surface area (Å²) in [5.74, 6) is 0.206. The topological polar surface area (TPSA) is 104 Å². The third-order valence-electron chi connectivity index (χ3n) is 4.95. The Morgan fingerprint density at radius 2 is 1.90 bits per heavy atom. The van der Waals surface area contributed by atoms with Crippen LogP contribution in [0, 0.1) is 0 Å². The summed E-state index contributed by atoms with van der Waals surface area (Å²) in [5, 5.41) is 12.1. The third kappa shape index (κ3) is 5.15. The summed E-state index contributed by atoms with van der Waals surface area (Å²) in [4.78, 5) is 29.0. The quantitative estimate of drug-likeness (QED) is 0.607. The average molecular weight is 407 g/mol. The highest BCUT2D eigenvalue weighted by molar-refractivity contribution is 6.06. The first-order valence-corrected chi connectivity index (χ1v) is 10.1. The first kappa shape index (κ1) is 19.9. The highest BCUT2D eigenvalue weighted by Gasteiger charge is 2.18.